The van der Waals surface area contributed by atoms with E-state index >= 15 is 0 Å². The summed E-state index contributed by atoms with van der Waals surface area (Å²) in [6.45, 7) is 2.05. The Balaban J connectivity index is 1.51. The van der Waals surface area contributed by atoms with Crippen molar-refractivity contribution < 1.29 is 14.3 Å². The van der Waals surface area contributed by atoms with E-state index in [0.29, 0.717) is 23.2 Å². The molecule has 2 aromatic rings. The molecule has 6 heteroatoms. The van der Waals surface area contributed by atoms with Crippen LogP contribution in [0.5, 0.6) is 0 Å². The van der Waals surface area contributed by atoms with Gasteiger partial charge in [0, 0.05) is 15.8 Å². The number of esters is 1. The summed E-state index contributed by atoms with van der Waals surface area (Å²) in [4.78, 5) is 28.9. The van der Waals surface area contributed by atoms with Gasteiger partial charge in [-0.3, -0.25) is 4.79 Å². The first-order valence-electron chi connectivity index (χ1n) is 10.2. The van der Waals surface area contributed by atoms with Crippen LogP contribution in [0, 0.1) is 17.3 Å². The summed E-state index contributed by atoms with van der Waals surface area (Å²) in [6, 6.07) is 7.61. The molecule has 0 spiro atoms. The fourth-order valence-corrected chi connectivity index (χ4v) is 6.98. The minimum Gasteiger partial charge on any atom is -0.461 e. The Morgan fingerprint density at radius 2 is 1.93 bits per heavy atom. The highest BCUT2D eigenvalue weighted by molar-refractivity contribution is 6.24. The summed E-state index contributed by atoms with van der Waals surface area (Å²) in [5, 5.41) is 3.94. The molecule has 0 saturated heterocycles. The molecule has 148 valence electrons. The third kappa shape index (κ3) is 2.74. The van der Waals surface area contributed by atoms with Crippen molar-refractivity contribution in [3.05, 3.63) is 30.0 Å². The van der Waals surface area contributed by atoms with Crippen LogP contribution in [-0.2, 0) is 9.53 Å². The Bertz CT molecular complexity index is 952. The third-order valence-corrected chi connectivity index (χ3v) is 7.34. The number of carbonyl (C=O) groups excluding carboxylic acids is 2. The van der Waals surface area contributed by atoms with E-state index in [0.717, 1.165) is 43.0 Å². The molecule has 1 heterocycles. The highest BCUT2D eigenvalue weighted by Crippen LogP contribution is 2.64. The molecule has 1 amide bonds. The predicted molar refractivity (Wildman–Crippen MR) is 109 cm³/mol. The van der Waals surface area contributed by atoms with E-state index in [2.05, 4.69) is 10.3 Å². The van der Waals surface area contributed by atoms with Crippen molar-refractivity contribution in [2.45, 2.75) is 50.3 Å². The topological polar surface area (TPSA) is 71.2 Å². The van der Waals surface area contributed by atoms with Gasteiger partial charge in [-0.2, -0.15) is 0 Å². The zero-order valence-corrected chi connectivity index (χ0v) is 16.8. The predicted octanol–water partition coefficient (Wildman–Crippen LogP) is 4.86. The first-order chi connectivity index (χ1) is 13.4. The lowest BCUT2D eigenvalue weighted by Gasteiger charge is -2.59. The highest BCUT2D eigenvalue weighted by atomic mass is 35.5. The summed E-state index contributed by atoms with van der Waals surface area (Å²) in [6.07, 6.45) is 5.80. The quantitative estimate of drug-likeness (QED) is 0.568. The van der Waals surface area contributed by atoms with Gasteiger partial charge in [0.05, 0.1) is 17.7 Å². The Kier molecular flexibility index (Phi) is 4.02. The van der Waals surface area contributed by atoms with Crippen LogP contribution >= 0.6 is 11.6 Å². The zero-order chi connectivity index (χ0) is 19.5. The first kappa shape index (κ1) is 18.0. The van der Waals surface area contributed by atoms with Crippen molar-refractivity contribution in [1.29, 1.82) is 0 Å². The summed E-state index contributed by atoms with van der Waals surface area (Å²) in [5.41, 5.74) is 1.22. The third-order valence-electron chi connectivity index (χ3n) is 6.90. The summed E-state index contributed by atoms with van der Waals surface area (Å²) < 4.78 is 5.20. The van der Waals surface area contributed by atoms with Gasteiger partial charge in [0.15, 0.2) is 0 Å². The molecule has 6 rings (SSSR count). The Labute approximate surface area is 169 Å². The molecule has 4 aliphatic carbocycles. The number of aromatic nitrogens is 1. The van der Waals surface area contributed by atoms with Crippen LogP contribution in [0.25, 0.3) is 10.9 Å². The van der Waals surface area contributed by atoms with E-state index in [-0.39, 0.29) is 17.4 Å². The number of para-hydroxylation sites is 1. The molecule has 1 aromatic heterocycles. The van der Waals surface area contributed by atoms with E-state index in [1.165, 1.54) is 6.42 Å². The van der Waals surface area contributed by atoms with E-state index in [4.69, 9.17) is 16.3 Å². The molecule has 28 heavy (non-hydrogen) atoms. The van der Waals surface area contributed by atoms with Gasteiger partial charge < -0.3 is 15.0 Å². The van der Waals surface area contributed by atoms with E-state index in [9.17, 15) is 9.59 Å². The number of carbonyl (C=O) groups is 2. The van der Waals surface area contributed by atoms with Crippen LogP contribution in [0.15, 0.2) is 24.3 Å². The van der Waals surface area contributed by atoms with Gasteiger partial charge in [-0.1, -0.05) is 18.2 Å². The second kappa shape index (κ2) is 6.24. The zero-order valence-electron chi connectivity index (χ0n) is 16.0. The highest BCUT2D eigenvalue weighted by Gasteiger charge is 2.60. The number of fused-ring (bicyclic) bond motifs is 1. The van der Waals surface area contributed by atoms with Crippen molar-refractivity contribution in [3.8, 4) is 0 Å². The van der Waals surface area contributed by atoms with Crippen molar-refractivity contribution >= 4 is 40.1 Å². The smallest absolute Gasteiger partial charge is 0.356 e. The molecular weight excluding hydrogens is 376 g/mol. The molecule has 0 aliphatic heterocycles. The average molecular weight is 401 g/mol. The maximum Gasteiger partial charge on any atom is 0.356 e. The Hall–Kier alpha value is -2.01. The fraction of sp³-hybridized carbons (Fsp3) is 0.545. The van der Waals surface area contributed by atoms with Crippen molar-refractivity contribution in [3.63, 3.8) is 0 Å². The van der Waals surface area contributed by atoms with Crippen molar-refractivity contribution in [2.75, 3.05) is 11.9 Å². The number of hydrogen-bond acceptors (Lipinski definition) is 3. The second-order valence-corrected chi connectivity index (χ2v) is 9.79. The summed E-state index contributed by atoms with van der Waals surface area (Å²) in [7, 11) is 0. The maximum absolute atomic E-state index is 13.5. The standard InChI is InChI=1S/C22H25ClN2O3/c1-2-28-19(26)18-17(15-5-3-4-6-16(15)24-18)25-20(27)21-8-13-7-14(9-21)11-22(23,10-13)12-21/h3-6,13-14,24H,2,7-12H2,1H3,(H,25,27)/t13-,14-,21?,22?/m0/s1. The number of halogens is 1. The van der Waals surface area contributed by atoms with Crippen LogP contribution in [0.2, 0.25) is 0 Å². The van der Waals surface area contributed by atoms with Gasteiger partial charge in [0.2, 0.25) is 5.91 Å². The number of aromatic amines is 1. The number of H-pyrrole nitrogens is 1. The molecule has 4 aliphatic rings. The minimum atomic E-state index is -0.451. The number of hydrogen-bond donors (Lipinski definition) is 2. The molecule has 1 aromatic carbocycles. The van der Waals surface area contributed by atoms with E-state index in [1.807, 2.05) is 24.3 Å². The SMILES string of the molecule is CCOC(=O)c1[nH]c2ccccc2c1NC(=O)C12C[C@@H]3C[C@H](CC(Cl)(C3)C1)C2. The van der Waals surface area contributed by atoms with Gasteiger partial charge in [-0.15, -0.1) is 11.6 Å². The van der Waals surface area contributed by atoms with Crippen LogP contribution < -0.4 is 5.32 Å². The molecule has 5 nitrogen and oxygen atoms in total. The van der Waals surface area contributed by atoms with Gasteiger partial charge >= 0.3 is 5.97 Å². The molecule has 0 radical (unpaired) electrons. The monoisotopic (exact) mass is 400 g/mol. The molecule has 4 bridgehead atoms. The number of rotatable bonds is 4. The fourth-order valence-electron chi connectivity index (χ4n) is 6.29. The molecular formula is C22H25ClN2O3. The molecule has 4 fully saturated rings. The minimum absolute atomic E-state index is 0.00178. The normalized spacial score (nSPS) is 33.2. The van der Waals surface area contributed by atoms with Gasteiger partial charge in [0.1, 0.15) is 5.69 Å². The van der Waals surface area contributed by atoms with Gasteiger partial charge in [0.25, 0.3) is 0 Å². The van der Waals surface area contributed by atoms with Gasteiger partial charge in [-0.25, -0.2) is 4.79 Å². The lowest BCUT2D eigenvalue weighted by atomic mass is 9.49. The molecule has 2 atom stereocenters. The molecule has 4 saturated carbocycles. The maximum atomic E-state index is 13.5. The van der Waals surface area contributed by atoms with Crippen LogP contribution in [0.4, 0.5) is 5.69 Å². The average Bonchev–Trinajstić information content (AvgIpc) is 2.99. The van der Waals surface area contributed by atoms with Crippen molar-refractivity contribution in [2.24, 2.45) is 17.3 Å². The van der Waals surface area contributed by atoms with Crippen LogP contribution in [-0.4, -0.2) is 28.3 Å². The summed E-state index contributed by atoms with van der Waals surface area (Å²) in [5.74, 6) is 0.629. The lowest BCUT2D eigenvalue weighted by Crippen LogP contribution is -2.57. The number of alkyl halides is 1. The Morgan fingerprint density at radius 1 is 1.21 bits per heavy atom. The largest absolute Gasteiger partial charge is 0.461 e. The van der Waals surface area contributed by atoms with Crippen molar-refractivity contribution in [1.82, 2.24) is 4.98 Å². The number of anilines is 1. The molecule has 2 N–H and O–H groups in total. The van der Waals surface area contributed by atoms with Gasteiger partial charge in [-0.05, 0) is 63.4 Å². The van der Waals surface area contributed by atoms with E-state index in [1.54, 1.807) is 6.92 Å². The number of benzene rings is 1. The number of ether oxygens (including phenoxy) is 1. The lowest BCUT2D eigenvalue weighted by molar-refractivity contribution is -0.138. The first-order valence-corrected chi connectivity index (χ1v) is 10.6. The van der Waals surface area contributed by atoms with Crippen LogP contribution in [0.3, 0.4) is 0 Å². The van der Waals surface area contributed by atoms with Crippen LogP contribution in [0.1, 0.15) is 55.9 Å². The number of nitrogens with one attached hydrogen (secondary N) is 2. The second-order valence-electron chi connectivity index (χ2n) is 8.99. The Morgan fingerprint density at radius 3 is 2.61 bits per heavy atom. The molecule has 0 unspecified atom stereocenters. The van der Waals surface area contributed by atoms with E-state index < -0.39 is 11.4 Å². The number of amides is 1. The summed E-state index contributed by atoms with van der Waals surface area (Å²) >= 11 is 6.90.